The van der Waals surface area contributed by atoms with Gasteiger partial charge in [0.1, 0.15) is 5.01 Å². The van der Waals surface area contributed by atoms with Gasteiger partial charge in [-0.1, -0.05) is 18.2 Å². The minimum absolute atomic E-state index is 0.188. The Labute approximate surface area is 147 Å². The number of aromatic nitrogens is 2. The lowest BCUT2D eigenvalue weighted by Gasteiger charge is -2.04. The maximum Gasteiger partial charge on any atom is 0.258 e. The summed E-state index contributed by atoms with van der Waals surface area (Å²) in [5, 5.41) is 14.2. The monoisotopic (exact) mass is 347 g/mol. The van der Waals surface area contributed by atoms with Gasteiger partial charge < -0.3 is 5.11 Å². The number of H-pyrrole nitrogens is 1. The van der Waals surface area contributed by atoms with Crippen molar-refractivity contribution in [3.8, 4) is 16.5 Å². The van der Waals surface area contributed by atoms with Crippen LogP contribution in [0.25, 0.3) is 21.3 Å². The number of nitrogens with zero attached hydrogens (tertiary/aromatic N) is 2. The molecule has 0 atom stereocenters. The molecule has 0 spiro atoms. The van der Waals surface area contributed by atoms with Crippen molar-refractivity contribution in [1.29, 1.82) is 0 Å². The summed E-state index contributed by atoms with van der Waals surface area (Å²) >= 11 is 1.58. The van der Waals surface area contributed by atoms with Gasteiger partial charge in [-0.3, -0.25) is 14.8 Å². The predicted molar refractivity (Wildman–Crippen MR) is 101 cm³/mol. The molecule has 2 aromatic heterocycles. The molecule has 0 unspecified atom stereocenters. The number of thiazole rings is 1. The van der Waals surface area contributed by atoms with Crippen LogP contribution in [0, 0.1) is 0 Å². The predicted octanol–water partition coefficient (Wildman–Crippen LogP) is 4.11. The van der Waals surface area contributed by atoms with Crippen LogP contribution in [0.5, 0.6) is 5.88 Å². The van der Waals surface area contributed by atoms with Gasteiger partial charge in [0.15, 0.2) is 0 Å². The van der Waals surface area contributed by atoms with Crippen LogP contribution >= 0.6 is 11.3 Å². The minimum Gasteiger partial charge on any atom is -0.494 e. The Balaban J connectivity index is 1.71. The number of aliphatic imine (C=N–C) groups is 1. The highest BCUT2D eigenvalue weighted by Gasteiger charge is 2.08. The number of hydrogen-bond acceptors (Lipinski definition) is 5. The third kappa shape index (κ3) is 2.95. The minimum atomic E-state index is -0.321. The second-order valence-electron chi connectivity index (χ2n) is 5.40. The van der Waals surface area contributed by atoms with Crippen LogP contribution in [0.15, 0.2) is 69.9 Å². The zero-order chi connectivity index (χ0) is 17.2. The van der Waals surface area contributed by atoms with E-state index in [0.29, 0.717) is 16.3 Å². The summed E-state index contributed by atoms with van der Waals surface area (Å²) in [7, 11) is 0. The van der Waals surface area contributed by atoms with Crippen molar-refractivity contribution < 1.29 is 5.11 Å². The first-order valence-corrected chi connectivity index (χ1v) is 8.48. The summed E-state index contributed by atoms with van der Waals surface area (Å²) in [4.78, 5) is 23.1. The Morgan fingerprint density at radius 2 is 1.84 bits per heavy atom. The molecule has 0 aliphatic heterocycles. The number of nitrogens with one attached hydrogen (secondary N) is 1. The molecule has 2 heterocycles. The lowest BCUT2D eigenvalue weighted by Crippen LogP contribution is -2.07. The lowest BCUT2D eigenvalue weighted by atomic mass is 10.1. The maximum atomic E-state index is 11.9. The van der Waals surface area contributed by atoms with E-state index in [1.807, 2.05) is 35.7 Å². The Hall–Kier alpha value is -3.25. The smallest absolute Gasteiger partial charge is 0.258 e. The molecule has 0 aliphatic carbocycles. The molecule has 0 saturated carbocycles. The standard InChI is InChI=1S/C19H13N3O2S/c23-17-15-4-2-1-3-14(15)16(18(24)22-17)11-21-13-7-5-12(6-8-13)19-20-9-10-25-19/h1-11H,(H2,22,23,24). The first-order chi connectivity index (χ1) is 12.2. The largest absolute Gasteiger partial charge is 0.494 e. The fourth-order valence-electron chi connectivity index (χ4n) is 2.61. The quantitative estimate of drug-likeness (QED) is 0.548. The third-order valence-corrected chi connectivity index (χ3v) is 4.66. The Bertz CT molecular complexity index is 1110. The zero-order valence-corrected chi connectivity index (χ0v) is 13.8. The molecule has 2 N–H and O–H groups in total. The summed E-state index contributed by atoms with van der Waals surface area (Å²) in [6.45, 7) is 0. The molecule has 4 rings (SSSR count). The number of aromatic amines is 1. The summed E-state index contributed by atoms with van der Waals surface area (Å²) in [5.74, 6) is -0.188. The molecule has 0 amide bonds. The van der Waals surface area contributed by atoms with Crippen LogP contribution in [-0.4, -0.2) is 21.3 Å². The van der Waals surface area contributed by atoms with Crippen molar-refractivity contribution in [2.24, 2.45) is 4.99 Å². The van der Waals surface area contributed by atoms with Gasteiger partial charge in [0.25, 0.3) is 5.56 Å². The van der Waals surface area contributed by atoms with E-state index in [9.17, 15) is 9.90 Å². The molecule has 2 aromatic carbocycles. The van der Waals surface area contributed by atoms with Crippen molar-refractivity contribution in [2.45, 2.75) is 0 Å². The number of benzene rings is 2. The van der Waals surface area contributed by atoms with E-state index in [0.717, 1.165) is 16.3 Å². The Kier molecular flexibility index (Phi) is 3.87. The fourth-order valence-corrected chi connectivity index (χ4v) is 3.26. The van der Waals surface area contributed by atoms with Gasteiger partial charge in [0.2, 0.25) is 5.88 Å². The molecule has 0 bridgehead atoms. The van der Waals surface area contributed by atoms with Crippen molar-refractivity contribution >= 4 is 34.0 Å². The van der Waals surface area contributed by atoms with E-state index < -0.39 is 0 Å². The molecule has 5 nitrogen and oxygen atoms in total. The average molecular weight is 347 g/mol. The van der Waals surface area contributed by atoms with Crippen molar-refractivity contribution in [1.82, 2.24) is 9.97 Å². The first kappa shape index (κ1) is 15.3. The van der Waals surface area contributed by atoms with E-state index in [4.69, 9.17) is 0 Å². The van der Waals surface area contributed by atoms with Crippen molar-refractivity contribution in [3.63, 3.8) is 0 Å². The molecule has 0 radical (unpaired) electrons. The summed E-state index contributed by atoms with van der Waals surface area (Å²) in [6.07, 6.45) is 3.34. The van der Waals surface area contributed by atoms with E-state index in [-0.39, 0.29) is 11.4 Å². The Morgan fingerprint density at radius 1 is 1.08 bits per heavy atom. The van der Waals surface area contributed by atoms with E-state index in [1.54, 1.807) is 41.9 Å². The number of rotatable bonds is 3. The molecular weight excluding hydrogens is 334 g/mol. The number of aromatic hydroxyl groups is 1. The molecule has 6 heteroatoms. The number of hydrogen-bond donors (Lipinski definition) is 2. The van der Waals surface area contributed by atoms with Crippen LogP contribution in [0.2, 0.25) is 0 Å². The van der Waals surface area contributed by atoms with Gasteiger partial charge in [-0.2, -0.15) is 0 Å². The summed E-state index contributed by atoms with van der Waals surface area (Å²) < 4.78 is 0. The second kappa shape index (κ2) is 6.33. The van der Waals surface area contributed by atoms with Crippen molar-refractivity contribution in [3.05, 3.63) is 76.0 Å². The normalized spacial score (nSPS) is 11.4. The fraction of sp³-hybridized carbons (Fsp3) is 0. The zero-order valence-electron chi connectivity index (χ0n) is 13.0. The van der Waals surface area contributed by atoms with E-state index >= 15 is 0 Å². The number of fused-ring (bicyclic) bond motifs is 1. The average Bonchev–Trinajstić information content (AvgIpc) is 3.17. The molecule has 0 saturated heterocycles. The van der Waals surface area contributed by atoms with Crippen LogP contribution in [0.4, 0.5) is 5.69 Å². The molecular formula is C19H13N3O2S. The lowest BCUT2D eigenvalue weighted by molar-refractivity contribution is 0.452. The topological polar surface area (TPSA) is 78.3 Å². The van der Waals surface area contributed by atoms with E-state index in [2.05, 4.69) is 15.0 Å². The molecule has 0 aliphatic rings. The summed E-state index contributed by atoms with van der Waals surface area (Å²) in [5.41, 5.74) is 1.94. The molecule has 0 fully saturated rings. The highest BCUT2D eigenvalue weighted by molar-refractivity contribution is 7.13. The van der Waals surface area contributed by atoms with Gasteiger partial charge in [-0.25, -0.2) is 4.98 Å². The van der Waals surface area contributed by atoms with Gasteiger partial charge in [0.05, 0.1) is 11.3 Å². The summed E-state index contributed by atoms with van der Waals surface area (Å²) in [6, 6.07) is 14.8. The first-order valence-electron chi connectivity index (χ1n) is 7.60. The third-order valence-electron chi connectivity index (χ3n) is 3.84. The maximum absolute atomic E-state index is 11.9. The van der Waals surface area contributed by atoms with Crippen LogP contribution < -0.4 is 5.56 Å². The van der Waals surface area contributed by atoms with Gasteiger partial charge in [-0.15, -0.1) is 11.3 Å². The molecule has 25 heavy (non-hydrogen) atoms. The van der Waals surface area contributed by atoms with Crippen LogP contribution in [0.3, 0.4) is 0 Å². The molecule has 122 valence electrons. The number of pyridine rings is 1. The highest BCUT2D eigenvalue weighted by atomic mass is 32.1. The van der Waals surface area contributed by atoms with Gasteiger partial charge in [-0.05, 0) is 30.3 Å². The van der Waals surface area contributed by atoms with Crippen molar-refractivity contribution in [2.75, 3.05) is 0 Å². The van der Waals surface area contributed by atoms with Crippen LogP contribution in [-0.2, 0) is 0 Å². The van der Waals surface area contributed by atoms with Gasteiger partial charge in [0, 0.05) is 34.1 Å². The van der Waals surface area contributed by atoms with Gasteiger partial charge >= 0.3 is 0 Å². The highest BCUT2D eigenvalue weighted by Crippen LogP contribution is 2.25. The second-order valence-corrected chi connectivity index (χ2v) is 6.30. The molecule has 4 aromatic rings. The van der Waals surface area contributed by atoms with Crippen LogP contribution in [0.1, 0.15) is 5.56 Å². The Morgan fingerprint density at radius 3 is 2.56 bits per heavy atom. The SMILES string of the molecule is O=c1[nH]c(O)c(C=Nc2ccc(-c3nccs3)cc2)c2ccccc12. The van der Waals surface area contributed by atoms with E-state index in [1.165, 1.54) is 0 Å².